The van der Waals surface area contributed by atoms with Crippen molar-refractivity contribution in [2.45, 2.75) is 65.2 Å². The molecule has 1 saturated carbocycles. The van der Waals surface area contributed by atoms with Gasteiger partial charge in [0.05, 0.1) is 5.69 Å². The molecule has 0 saturated heterocycles. The Labute approximate surface area is 203 Å². The van der Waals surface area contributed by atoms with Gasteiger partial charge in [0.1, 0.15) is 5.69 Å². The van der Waals surface area contributed by atoms with E-state index in [-0.39, 0.29) is 11.8 Å². The van der Waals surface area contributed by atoms with E-state index < -0.39 is 0 Å². The van der Waals surface area contributed by atoms with Crippen LogP contribution in [0.4, 0.5) is 5.69 Å². The minimum atomic E-state index is 0.158. The standard InChI is InChI=1S/C28H39N5O/c1-28(2)13-12-22-25(18-28)30-31-26(22)24-16-20-10-11-21(17-23(20)29-24)33(15-14-32(3)4)27(34)19-8-6-5-7-9-19/h10-11,16-17,19,29H,5-9,12-15,18H2,1-4H3,(H,30,31). The third-order valence-corrected chi connectivity index (χ3v) is 7.82. The molecule has 2 aliphatic carbocycles. The van der Waals surface area contributed by atoms with Crippen LogP contribution < -0.4 is 4.90 Å². The molecular formula is C28H39N5O. The molecule has 34 heavy (non-hydrogen) atoms. The maximum absolute atomic E-state index is 13.5. The topological polar surface area (TPSA) is 68.0 Å². The summed E-state index contributed by atoms with van der Waals surface area (Å²) in [7, 11) is 4.13. The number of likely N-dealkylation sites (N-methyl/N-ethyl adjacent to an activating group) is 1. The maximum atomic E-state index is 13.5. The van der Waals surface area contributed by atoms with Crippen molar-refractivity contribution in [1.29, 1.82) is 0 Å². The van der Waals surface area contributed by atoms with Gasteiger partial charge in [-0.15, -0.1) is 0 Å². The second-order valence-corrected chi connectivity index (χ2v) is 11.5. The van der Waals surface area contributed by atoms with Crippen LogP contribution >= 0.6 is 0 Å². The minimum Gasteiger partial charge on any atom is -0.353 e. The molecule has 0 radical (unpaired) electrons. The van der Waals surface area contributed by atoms with E-state index in [1.165, 1.54) is 36.9 Å². The van der Waals surface area contributed by atoms with Crippen molar-refractivity contribution in [3.63, 3.8) is 0 Å². The Kier molecular flexibility index (Phi) is 6.28. The van der Waals surface area contributed by atoms with E-state index in [2.05, 4.69) is 67.2 Å². The van der Waals surface area contributed by atoms with Gasteiger partial charge in [0, 0.05) is 46.9 Å². The van der Waals surface area contributed by atoms with Gasteiger partial charge in [-0.1, -0.05) is 39.2 Å². The summed E-state index contributed by atoms with van der Waals surface area (Å²) >= 11 is 0. The molecule has 2 N–H and O–H groups in total. The van der Waals surface area contributed by atoms with Crippen molar-refractivity contribution < 1.29 is 4.79 Å². The van der Waals surface area contributed by atoms with Gasteiger partial charge in [-0.2, -0.15) is 5.10 Å². The molecule has 1 aromatic carbocycles. The fourth-order valence-corrected chi connectivity index (χ4v) is 5.72. The van der Waals surface area contributed by atoms with Crippen molar-refractivity contribution in [3.8, 4) is 11.4 Å². The molecule has 6 nitrogen and oxygen atoms in total. The molecule has 0 spiro atoms. The second-order valence-electron chi connectivity index (χ2n) is 11.5. The first-order chi connectivity index (χ1) is 16.3. The summed E-state index contributed by atoms with van der Waals surface area (Å²) < 4.78 is 0. The minimum absolute atomic E-state index is 0.158. The lowest BCUT2D eigenvalue weighted by Crippen LogP contribution is -2.41. The molecule has 1 amide bonds. The molecular weight excluding hydrogens is 422 g/mol. The van der Waals surface area contributed by atoms with Gasteiger partial charge in [0.15, 0.2) is 0 Å². The Morgan fingerprint density at radius 1 is 1.12 bits per heavy atom. The zero-order chi connectivity index (χ0) is 23.9. The highest BCUT2D eigenvalue weighted by atomic mass is 16.2. The molecule has 0 unspecified atom stereocenters. The van der Waals surface area contributed by atoms with Gasteiger partial charge < -0.3 is 14.8 Å². The summed E-state index contributed by atoms with van der Waals surface area (Å²) in [4.78, 5) is 21.3. The number of H-pyrrole nitrogens is 2. The maximum Gasteiger partial charge on any atom is 0.230 e. The Hall–Kier alpha value is -2.60. The molecule has 0 aliphatic heterocycles. The molecule has 2 aliphatic rings. The smallest absolute Gasteiger partial charge is 0.230 e. The monoisotopic (exact) mass is 461 g/mol. The van der Waals surface area contributed by atoms with Crippen LogP contribution in [0.1, 0.15) is 63.6 Å². The number of nitrogens with zero attached hydrogens (tertiary/aromatic N) is 3. The van der Waals surface area contributed by atoms with E-state index in [0.29, 0.717) is 12.0 Å². The average molecular weight is 462 g/mol. The largest absolute Gasteiger partial charge is 0.353 e. The first-order valence-corrected chi connectivity index (χ1v) is 13.0. The van der Waals surface area contributed by atoms with Gasteiger partial charge in [-0.25, -0.2) is 0 Å². The average Bonchev–Trinajstić information content (AvgIpc) is 3.41. The predicted octanol–water partition coefficient (Wildman–Crippen LogP) is 5.55. The van der Waals surface area contributed by atoms with Gasteiger partial charge >= 0.3 is 0 Å². The fraction of sp³-hybridized carbons (Fsp3) is 0.571. The number of aromatic nitrogens is 3. The van der Waals surface area contributed by atoms with Gasteiger partial charge in [0.2, 0.25) is 5.91 Å². The Morgan fingerprint density at radius 2 is 1.91 bits per heavy atom. The number of carbonyl (C=O) groups excluding carboxylic acids is 1. The highest BCUT2D eigenvalue weighted by molar-refractivity contribution is 5.98. The number of hydrogen-bond donors (Lipinski definition) is 2. The van der Waals surface area contributed by atoms with Crippen molar-refractivity contribution in [2.24, 2.45) is 11.3 Å². The van der Waals surface area contributed by atoms with E-state index in [0.717, 1.165) is 60.2 Å². The zero-order valence-electron chi connectivity index (χ0n) is 21.2. The number of amides is 1. The molecule has 3 aromatic rings. The quantitative estimate of drug-likeness (QED) is 0.506. The summed E-state index contributed by atoms with van der Waals surface area (Å²) in [6, 6.07) is 8.60. The third kappa shape index (κ3) is 4.65. The predicted molar refractivity (Wildman–Crippen MR) is 139 cm³/mol. The number of fused-ring (bicyclic) bond motifs is 2. The second kappa shape index (κ2) is 9.21. The van der Waals surface area contributed by atoms with Crippen molar-refractivity contribution in [1.82, 2.24) is 20.1 Å². The van der Waals surface area contributed by atoms with Gasteiger partial charge in [-0.3, -0.25) is 9.89 Å². The van der Waals surface area contributed by atoms with E-state index >= 15 is 0 Å². The first kappa shape index (κ1) is 23.2. The molecule has 1 fully saturated rings. The van der Waals surface area contributed by atoms with Crippen LogP contribution in [0.25, 0.3) is 22.3 Å². The number of rotatable bonds is 6. The van der Waals surface area contributed by atoms with Crippen LogP contribution in [-0.4, -0.2) is 53.2 Å². The van der Waals surface area contributed by atoms with Crippen LogP contribution in [0.15, 0.2) is 24.3 Å². The normalized spacial score (nSPS) is 18.4. The number of aromatic amines is 2. The number of anilines is 1. The number of nitrogens with one attached hydrogen (secondary N) is 2. The Balaban J connectivity index is 1.45. The molecule has 5 rings (SSSR count). The lowest BCUT2D eigenvalue weighted by atomic mass is 9.76. The van der Waals surface area contributed by atoms with Crippen LogP contribution in [0, 0.1) is 11.3 Å². The van der Waals surface area contributed by atoms with Crippen LogP contribution in [-0.2, 0) is 17.6 Å². The number of benzene rings is 1. The first-order valence-electron chi connectivity index (χ1n) is 13.0. The number of hydrogen-bond acceptors (Lipinski definition) is 3. The van der Waals surface area contributed by atoms with Gasteiger partial charge in [-0.05, 0) is 69.8 Å². The van der Waals surface area contributed by atoms with Crippen LogP contribution in [0.3, 0.4) is 0 Å². The summed E-state index contributed by atoms with van der Waals surface area (Å²) in [5.74, 6) is 0.447. The SMILES string of the molecule is CN(C)CCN(C(=O)C1CCCCC1)c1ccc2cc(-c3n[nH]c4c3CCC(C)(C)C4)[nH]c2c1. The van der Waals surface area contributed by atoms with Gasteiger partial charge in [0.25, 0.3) is 0 Å². The van der Waals surface area contributed by atoms with Crippen LogP contribution in [0.2, 0.25) is 0 Å². The molecule has 0 atom stereocenters. The summed E-state index contributed by atoms with van der Waals surface area (Å²) in [5.41, 5.74) is 7.11. The van der Waals surface area contributed by atoms with Crippen molar-refractivity contribution >= 4 is 22.5 Å². The zero-order valence-corrected chi connectivity index (χ0v) is 21.2. The molecule has 0 bridgehead atoms. The van der Waals surface area contributed by atoms with E-state index in [9.17, 15) is 4.79 Å². The third-order valence-electron chi connectivity index (χ3n) is 7.82. The lowest BCUT2D eigenvalue weighted by Gasteiger charge is -2.30. The van der Waals surface area contributed by atoms with E-state index in [1.807, 2.05) is 4.90 Å². The summed E-state index contributed by atoms with van der Waals surface area (Å²) in [6.45, 7) is 6.22. The molecule has 2 aromatic heterocycles. The highest BCUT2D eigenvalue weighted by Gasteiger charge is 2.30. The summed E-state index contributed by atoms with van der Waals surface area (Å²) in [5, 5.41) is 9.16. The van der Waals surface area contributed by atoms with E-state index in [4.69, 9.17) is 5.10 Å². The van der Waals surface area contributed by atoms with Crippen molar-refractivity contribution in [2.75, 3.05) is 32.1 Å². The fourth-order valence-electron chi connectivity index (χ4n) is 5.72. The molecule has 6 heteroatoms. The molecule has 182 valence electrons. The molecule has 2 heterocycles. The lowest BCUT2D eigenvalue weighted by molar-refractivity contribution is -0.123. The number of carbonyl (C=O) groups is 1. The van der Waals surface area contributed by atoms with E-state index in [1.54, 1.807) is 0 Å². The summed E-state index contributed by atoms with van der Waals surface area (Å²) in [6.07, 6.45) is 8.92. The highest BCUT2D eigenvalue weighted by Crippen LogP contribution is 2.38. The Bertz CT molecular complexity index is 1160. The Morgan fingerprint density at radius 3 is 2.68 bits per heavy atom. The van der Waals surface area contributed by atoms with Crippen molar-refractivity contribution in [3.05, 3.63) is 35.5 Å². The van der Waals surface area contributed by atoms with Crippen LogP contribution in [0.5, 0.6) is 0 Å².